The number of esters is 2. The molecule has 6 nitrogen and oxygen atoms in total. The van der Waals surface area contributed by atoms with E-state index in [4.69, 9.17) is 9.47 Å². The minimum atomic E-state index is -0.675. The van der Waals surface area contributed by atoms with Crippen LogP contribution in [0.15, 0.2) is 30.3 Å². The highest BCUT2D eigenvalue weighted by Gasteiger charge is 2.49. The van der Waals surface area contributed by atoms with Crippen molar-refractivity contribution in [2.45, 2.75) is 32.9 Å². The molecule has 2 atom stereocenters. The number of hydrogen-bond donors (Lipinski definition) is 1. The molecule has 138 valence electrons. The van der Waals surface area contributed by atoms with Gasteiger partial charge in [0, 0.05) is 26.2 Å². The molecule has 1 fully saturated rings. The first-order chi connectivity index (χ1) is 12.0. The van der Waals surface area contributed by atoms with E-state index in [1.165, 1.54) is 12.7 Å². The molecule has 6 heteroatoms. The van der Waals surface area contributed by atoms with Gasteiger partial charge in [-0.1, -0.05) is 30.3 Å². The minimum absolute atomic E-state index is 0.266. The Morgan fingerprint density at radius 1 is 1.32 bits per heavy atom. The zero-order valence-electron chi connectivity index (χ0n) is 15.3. The Balaban J connectivity index is 1.92. The third kappa shape index (κ3) is 5.03. The van der Waals surface area contributed by atoms with Crippen LogP contribution in [-0.2, 0) is 25.6 Å². The lowest BCUT2D eigenvalue weighted by Gasteiger charge is -2.23. The van der Waals surface area contributed by atoms with Gasteiger partial charge in [0.2, 0.25) is 0 Å². The number of benzene rings is 1. The van der Waals surface area contributed by atoms with Crippen LogP contribution < -0.4 is 5.32 Å². The van der Waals surface area contributed by atoms with Gasteiger partial charge in [-0.15, -0.1) is 0 Å². The molecule has 1 aliphatic rings. The van der Waals surface area contributed by atoms with Crippen molar-refractivity contribution in [3.63, 3.8) is 0 Å². The maximum atomic E-state index is 12.3. The number of nitrogens with zero attached hydrogens (tertiary/aromatic N) is 1. The molecular formula is C19H28N2O4. The molecule has 1 heterocycles. The lowest BCUT2D eigenvalue weighted by molar-refractivity contribution is -0.151. The summed E-state index contributed by atoms with van der Waals surface area (Å²) in [7, 11) is 1.39. The number of ether oxygens (including phenoxy) is 2. The second-order valence-corrected chi connectivity index (χ2v) is 6.66. The summed E-state index contributed by atoms with van der Waals surface area (Å²) in [5.74, 6) is -0.542. The molecule has 0 aromatic heterocycles. The maximum Gasteiger partial charge on any atom is 0.323 e. The third-order valence-electron chi connectivity index (χ3n) is 4.62. The monoisotopic (exact) mass is 348 g/mol. The quantitative estimate of drug-likeness (QED) is 0.568. The van der Waals surface area contributed by atoms with Crippen molar-refractivity contribution in [2.24, 2.45) is 5.41 Å². The number of carbonyl (C=O) groups excluding carboxylic acids is 2. The van der Waals surface area contributed by atoms with E-state index in [-0.39, 0.29) is 11.9 Å². The van der Waals surface area contributed by atoms with Gasteiger partial charge in [0.1, 0.15) is 6.04 Å². The summed E-state index contributed by atoms with van der Waals surface area (Å²) in [5, 5.41) is 3.38. The van der Waals surface area contributed by atoms with E-state index in [2.05, 4.69) is 17.4 Å². The average Bonchev–Trinajstić information content (AvgIpc) is 2.97. The first kappa shape index (κ1) is 19.4. The van der Waals surface area contributed by atoms with Crippen LogP contribution in [0.3, 0.4) is 0 Å². The topological polar surface area (TPSA) is 67.9 Å². The van der Waals surface area contributed by atoms with Crippen LogP contribution in [-0.4, -0.2) is 56.2 Å². The van der Waals surface area contributed by atoms with E-state index >= 15 is 0 Å². The average molecular weight is 348 g/mol. The number of rotatable bonds is 8. The summed E-state index contributed by atoms with van der Waals surface area (Å²) >= 11 is 0. The molecule has 0 spiro atoms. The van der Waals surface area contributed by atoms with Crippen LogP contribution in [0.4, 0.5) is 0 Å². The van der Waals surface area contributed by atoms with E-state index in [0.717, 1.165) is 13.1 Å². The Morgan fingerprint density at radius 2 is 2.04 bits per heavy atom. The van der Waals surface area contributed by atoms with Gasteiger partial charge >= 0.3 is 11.9 Å². The molecule has 1 saturated heterocycles. The Hall–Kier alpha value is -1.92. The van der Waals surface area contributed by atoms with E-state index in [1.807, 2.05) is 30.0 Å². The van der Waals surface area contributed by atoms with Crippen molar-refractivity contribution in [3.8, 4) is 0 Å². The van der Waals surface area contributed by atoms with Gasteiger partial charge in [-0.2, -0.15) is 0 Å². The fourth-order valence-corrected chi connectivity index (χ4v) is 3.33. The first-order valence-corrected chi connectivity index (χ1v) is 8.74. The Morgan fingerprint density at radius 3 is 2.68 bits per heavy atom. The van der Waals surface area contributed by atoms with E-state index in [1.54, 1.807) is 6.92 Å². The first-order valence-electron chi connectivity index (χ1n) is 8.74. The van der Waals surface area contributed by atoms with Gasteiger partial charge in [-0.25, -0.2) is 0 Å². The number of methoxy groups -OCH3 is 1. The summed E-state index contributed by atoms with van der Waals surface area (Å²) in [6.07, 6.45) is 0.428. The predicted molar refractivity (Wildman–Crippen MR) is 94.9 cm³/mol. The van der Waals surface area contributed by atoms with Gasteiger partial charge in [0.15, 0.2) is 0 Å². The van der Waals surface area contributed by atoms with Crippen LogP contribution in [0.1, 0.15) is 25.8 Å². The second kappa shape index (κ2) is 8.97. The normalized spacial score (nSPS) is 23.4. The van der Waals surface area contributed by atoms with Crippen LogP contribution in [0.2, 0.25) is 0 Å². The van der Waals surface area contributed by atoms with Crippen LogP contribution in [0.25, 0.3) is 0 Å². The SMILES string of the molecule is CCOC(=O)[C@@H]1C[C@@](C)(C(=O)OC)CN1CCNCc1ccccc1. The highest BCUT2D eigenvalue weighted by molar-refractivity contribution is 5.82. The molecule has 0 amide bonds. The van der Waals surface area contributed by atoms with Crippen molar-refractivity contribution in [1.29, 1.82) is 0 Å². The molecule has 1 aromatic carbocycles. The molecule has 25 heavy (non-hydrogen) atoms. The fraction of sp³-hybridized carbons (Fsp3) is 0.579. The van der Waals surface area contributed by atoms with Gasteiger partial charge in [-0.05, 0) is 25.8 Å². The largest absolute Gasteiger partial charge is 0.469 e. The lowest BCUT2D eigenvalue weighted by Crippen LogP contribution is -2.41. The standard InChI is InChI=1S/C19H28N2O4/c1-4-25-17(22)16-12-19(2,18(23)24-3)14-21(16)11-10-20-13-15-8-6-5-7-9-15/h5-9,16,20H,4,10-14H2,1-3H3/t16-,19+/m0/s1. The highest BCUT2D eigenvalue weighted by Crippen LogP contribution is 2.36. The number of likely N-dealkylation sites (tertiary alicyclic amines) is 1. The summed E-state index contributed by atoms with van der Waals surface area (Å²) in [6.45, 7) is 6.64. The minimum Gasteiger partial charge on any atom is -0.469 e. The molecule has 0 saturated carbocycles. The van der Waals surface area contributed by atoms with E-state index < -0.39 is 11.5 Å². The molecule has 1 N–H and O–H groups in total. The number of nitrogens with one attached hydrogen (secondary N) is 1. The van der Waals surface area contributed by atoms with Gasteiger partial charge in [0.05, 0.1) is 19.1 Å². The Bertz CT molecular complexity index is 578. The van der Waals surface area contributed by atoms with Crippen molar-refractivity contribution in [1.82, 2.24) is 10.2 Å². The van der Waals surface area contributed by atoms with E-state index in [9.17, 15) is 9.59 Å². The summed E-state index contributed by atoms with van der Waals surface area (Å²) in [4.78, 5) is 26.4. The van der Waals surface area contributed by atoms with Crippen molar-refractivity contribution in [3.05, 3.63) is 35.9 Å². The Labute approximate surface area is 149 Å². The predicted octanol–water partition coefficient (Wildman–Crippen LogP) is 1.59. The molecule has 1 aromatic rings. The van der Waals surface area contributed by atoms with Gasteiger partial charge < -0.3 is 14.8 Å². The molecule has 0 aliphatic carbocycles. The zero-order valence-corrected chi connectivity index (χ0v) is 15.3. The zero-order chi connectivity index (χ0) is 18.3. The second-order valence-electron chi connectivity index (χ2n) is 6.66. The van der Waals surface area contributed by atoms with Crippen LogP contribution in [0.5, 0.6) is 0 Å². The molecule has 0 bridgehead atoms. The van der Waals surface area contributed by atoms with E-state index in [0.29, 0.717) is 26.1 Å². The number of carbonyl (C=O) groups is 2. The molecule has 1 aliphatic heterocycles. The van der Waals surface area contributed by atoms with Crippen molar-refractivity contribution >= 4 is 11.9 Å². The molecule has 0 unspecified atom stereocenters. The van der Waals surface area contributed by atoms with Crippen LogP contribution >= 0.6 is 0 Å². The fourth-order valence-electron chi connectivity index (χ4n) is 3.33. The summed E-state index contributed by atoms with van der Waals surface area (Å²) < 4.78 is 10.1. The molecule has 0 radical (unpaired) electrons. The molecule has 2 rings (SSSR count). The molecular weight excluding hydrogens is 320 g/mol. The van der Waals surface area contributed by atoms with Crippen molar-refractivity contribution < 1.29 is 19.1 Å². The summed E-state index contributed by atoms with van der Waals surface area (Å²) in [5.41, 5.74) is 0.538. The van der Waals surface area contributed by atoms with Gasteiger partial charge in [-0.3, -0.25) is 14.5 Å². The van der Waals surface area contributed by atoms with Crippen molar-refractivity contribution in [2.75, 3.05) is 33.4 Å². The lowest BCUT2D eigenvalue weighted by atomic mass is 9.88. The third-order valence-corrected chi connectivity index (χ3v) is 4.62. The Kier molecular flexibility index (Phi) is 6.96. The summed E-state index contributed by atoms with van der Waals surface area (Å²) in [6, 6.07) is 9.75. The number of hydrogen-bond acceptors (Lipinski definition) is 6. The maximum absolute atomic E-state index is 12.3. The highest BCUT2D eigenvalue weighted by atomic mass is 16.5. The smallest absolute Gasteiger partial charge is 0.323 e. The van der Waals surface area contributed by atoms with Gasteiger partial charge in [0.25, 0.3) is 0 Å². The van der Waals surface area contributed by atoms with Crippen LogP contribution in [0, 0.1) is 5.41 Å².